The zero-order chi connectivity index (χ0) is 12.1. The molecule has 0 aromatic heterocycles. The van der Waals surface area contributed by atoms with Crippen molar-refractivity contribution in [3.8, 4) is 11.5 Å². The molecule has 1 aromatic rings. The van der Waals surface area contributed by atoms with Crippen LogP contribution in [-0.4, -0.2) is 13.2 Å². The lowest BCUT2D eigenvalue weighted by Gasteiger charge is -2.15. The van der Waals surface area contributed by atoms with E-state index in [0.29, 0.717) is 13.2 Å². The Kier molecular flexibility index (Phi) is 5.09. The molecule has 4 heteroatoms. The lowest BCUT2D eigenvalue weighted by atomic mass is 10.1. The van der Waals surface area contributed by atoms with Gasteiger partial charge >= 0.3 is 0 Å². The summed E-state index contributed by atoms with van der Waals surface area (Å²) >= 11 is 3.49. The highest BCUT2D eigenvalue weighted by molar-refractivity contribution is 9.10. The summed E-state index contributed by atoms with van der Waals surface area (Å²) < 4.78 is 12.0. The maximum absolute atomic E-state index is 5.88. The van der Waals surface area contributed by atoms with Gasteiger partial charge in [-0.1, -0.05) is 15.9 Å². The molecule has 1 atom stereocenters. The van der Waals surface area contributed by atoms with E-state index in [9.17, 15) is 0 Å². The van der Waals surface area contributed by atoms with Gasteiger partial charge in [0.25, 0.3) is 0 Å². The highest BCUT2D eigenvalue weighted by atomic mass is 79.9. The molecule has 90 valence electrons. The molecule has 0 saturated heterocycles. The molecule has 0 aliphatic carbocycles. The summed E-state index contributed by atoms with van der Waals surface area (Å²) in [5, 5.41) is 0. The fourth-order valence-corrected chi connectivity index (χ4v) is 2.12. The average Bonchev–Trinajstić information content (AvgIpc) is 2.22. The Morgan fingerprint density at radius 3 is 2.12 bits per heavy atom. The molecule has 2 N–H and O–H groups in total. The Balaban J connectivity index is 3.14. The van der Waals surface area contributed by atoms with Gasteiger partial charge in [0.15, 0.2) is 11.5 Å². The zero-order valence-corrected chi connectivity index (χ0v) is 11.5. The van der Waals surface area contributed by atoms with Crippen LogP contribution in [0.5, 0.6) is 11.5 Å². The number of halogens is 1. The molecule has 0 unspecified atom stereocenters. The van der Waals surface area contributed by atoms with Gasteiger partial charge in [0.05, 0.1) is 13.2 Å². The molecule has 16 heavy (non-hydrogen) atoms. The molecule has 0 aliphatic heterocycles. The minimum Gasteiger partial charge on any atom is -0.490 e. The predicted molar refractivity (Wildman–Crippen MR) is 69.1 cm³/mol. The Bertz CT molecular complexity index is 353. The molecule has 1 aromatic carbocycles. The van der Waals surface area contributed by atoms with Crippen LogP contribution in [-0.2, 0) is 0 Å². The van der Waals surface area contributed by atoms with Crippen molar-refractivity contribution in [2.45, 2.75) is 26.8 Å². The third-order valence-corrected chi connectivity index (χ3v) is 2.84. The summed E-state index contributed by atoms with van der Waals surface area (Å²) in [4.78, 5) is 0. The zero-order valence-electron chi connectivity index (χ0n) is 9.92. The maximum Gasteiger partial charge on any atom is 0.162 e. The van der Waals surface area contributed by atoms with Crippen LogP contribution >= 0.6 is 15.9 Å². The van der Waals surface area contributed by atoms with Gasteiger partial charge in [-0.15, -0.1) is 0 Å². The number of rotatable bonds is 5. The van der Waals surface area contributed by atoms with Crippen molar-refractivity contribution in [1.29, 1.82) is 0 Å². The summed E-state index contributed by atoms with van der Waals surface area (Å²) in [5.74, 6) is 1.50. The van der Waals surface area contributed by atoms with Gasteiger partial charge < -0.3 is 15.2 Å². The Morgan fingerprint density at radius 1 is 1.19 bits per heavy atom. The molecule has 0 saturated carbocycles. The van der Waals surface area contributed by atoms with Gasteiger partial charge in [-0.05, 0) is 38.5 Å². The fourth-order valence-electron chi connectivity index (χ4n) is 1.44. The standard InChI is InChI=1S/C12H18BrNO2/c1-4-15-11-6-9(8(3)14)10(13)7-12(11)16-5-2/h6-8H,4-5,14H2,1-3H3/t8-/m0/s1. The van der Waals surface area contributed by atoms with Gasteiger partial charge in [0.2, 0.25) is 0 Å². The van der Waals surface area contributed by atoms with Crippen LogP contribution in [0.4, 0.5) is 0 Å². The van der Waals surface area contributed by atoms with Crippen LogP contribution in [0.2, 0.25) is 0 Å². The largest absolute Gasteiger partial charge is 0.490 e. The molecule has 0 radical (unpaired) electrons. The molecule has 3 nitrogen and oxygen atoms in total. The Hall–Kier alpha value is -0.740. The highest BCUT2D eigenvalue weighted by Crippen LogP contribution is 2.35. The van der Waals surface area contributed by atoms with Crippen LogP contribution in [0.25, 0.3) is 0 Å². The van der Waals surface area contributed by atoms with E-state index in [1.165, 1.54) is 0 Å². The van der Waals surface area contributed by atoms with Gasteiger partial charge in [-0.2, -0.15) is 0 Å². The van der Waals surface area contributed by atoms with E-state index in [2.05, 4.69) is 15.9 Å². The van der Waals surface area contributed by atoms with E-state index >= 15 is 0 Å². The first-order valence-electron chi connectivity index (χ1n) is 5.44. The molecule has 0 amide bonds. The predicted octanol–water partition coefficient (Wildman–Crippen LogP) is 3.27. The monoisotopic (exact) mass is 287 g/mol. The third-order valence-electron chi connectivity index (χ3n) is 2.15. The quantitative estimate of drug-likeness (QED) is 0.904. The minimum atomic E-state index is -0.0377. The van der Waals surface area contributed by atoms with Gasteiger partial charge in [0, 0.05) is 10.5 Å². The van der Waals surface area contributed by atoms with E-state index in [1.807, 2.05) is 32.9 Å². The summed E-state index contributed by atoms with van der Waals surface area (Å²) in [6.45, 7) is 7.06. The van der Waals surface area contributed by atoms with Crippen LogP contribution in [0.1, 0.15) is 32.4 Å². The highest BCUT2D eigenvalue weighted by Gasteiger charge is 2.12. The maximum atomic E-state index is 5.88. The fraction of sp³-hybridized carbons (Fsp3) is 0.500. The topological polar surface area (TPSA) is 44.5 Å². The van der Waals surface area contributed by atoms with Crippen LogP contribution in [0.3, 0.4) is 0 Å². The van der Waals surface area contributed by atoms with Crippen LogP contribution < -0.4 is 15.2 Å². The van der Waals surface area contributed by atoms with Gasteiger partial charge in [-0.3, -0.25) is 0 Å². The van der Waals surface area contributed by atoms with Crippen molar-refractivity contribution >= 4 is 15.9 Å². The number of hydrogen-bond acceptors (Lipinski definition) is 3. The molecular formula is C12H18BrNO2. The molecular weight excluding hydrogens is 270 g/mol. The molecule has 1 rings (SSSR count). The summed E-state index contributed by atoms with van der Waals surface area (Å²) in [7, 11) is 0. The second-order valence-corrected chi connectivity index (χ2v) is 4.33. The summed E-state index contributed by atoms with van der Waals surface area (Å²) in [6.07, 6.45) is 0. The van der Waals surface area contributed by atoms with Crippen molar-refractivity contribution in [3.05, 3.63) is 22.2 Å². The SMILES string of the molecule is CCOc1cc(Br)c([C@H](C)N)cc1OCC. The van der Waals surface area contributed by atoms with E-state index in [0.717, 1.165) is 21.5 Å². The third kappa shape index (κ3) is 3.12. The summed E-state index contributed by atoms with van der Waals surface area (Å²) in [6, 6.07) is 3.81. The van der Waals surface area contributed by atoms with E-state index in [-0.39, 0.29) is 6.04 Å². The first-order valence-corrected chi connectivity index (χ1v) is 6.24. The van der Waals surface area contributed by atoms with E-state index in [4.69, 9.17) is 15.2 Å². The van der Waals surface area contributed by atoms with Gasteiger partial charge in [0.1, 0.15) is 0 Å². The van der Waals surface area contributed by atoms with Crippen molar-refractivity contribution in [2.24, 2.45) is 5.73 Å². The van der Waals surface area contributed by atoms with Crippen LogP contribution in [0, 0.1) is 0 Å². The minimum absolute atomic E-state index is 0.0377. The first-order chi connectivity index (χ1) is 7.60. The smallest absolute Gasteiger partial charge is 0.162 e. The molecule has 0 aliphatic rings. The van der Waals surface area contributed by atoms with Crippen LogP contribution in [0.15, 0.2) is 16.6 Å². The van der Waals surface area contributed by atoms with Crippen molar-refractivity contribution in [1.82, 2.24) is 0 Å². The van der Waals surface area contributed by atoms with Gasteiger partial charge in [-0.25, -0.2) is 0 Å². The Morgan fingerprint density at radius 2 is 1.69 bits per heavy atom. The number of benzene rings is 1. The van der Waals surface area contributed by atoms with E-state index in [1.54, 1.807) is 0 Å². The number of hydrogen-bond donors (Lipinski definition) is 1. The Labute approximate surface area is 105 Å². The lowest BCUT2D eigenvalue weighted by molar-refractivity contribution is 0.287. The molecule has 0 spiro atoms. The average molecular weight is 288 g/mol. The van der Waals surface area contributed by atoms with Crippen molar-refractivity contribution in [2.75, 3.05) is 13.2 Å². The normalized spacial score (nSPS) is 12.3. The van der Waals surface area contributed by atoms with Crippen molar-refractivity contribution in [3.63, 3.8) is 0 Å². The lowest BCUT2D eigenvalue weighted by Crippen LogP contribution is -2.07. The summed E-state index contributed by atoms with van der Waals surface area (Å²) in [5.41, 5.74) is 6.90. The molecule has 0 fully saturated rings. The molecule has 0 bridgehead atoms. The first kappa shape index (κ1) is 13.3. The van der Waals surface area contributed by atoms with E-state index < -0.39 is 0 Å². The second kappa shape index (κ2) is 6.11. The number of nitrogens with two attached hydrogens (primary N) is 1. The molecule has 0 heterocycles. The number of ether oxygens (including phenoxy) is 2. The van der Waals surface area contributed by atoms with Crippen molar-refractivity contribution < 1.29 is 9.47 Å². The second-order valence-electron chi connectivity index (χ2n) is 3.48.